The van der Waals surface area contributed by atoms with E-state index < -0.39 is 0 Å². The van der Waals surface area contributed by atoms with Crippen LogP contribution in [0.3, 0.4) is 0 Å². The van der Waals surface area contributed by atoms with Gasteiger partial charge in [0.25, 0.3) is 0 Å². The number of nitrogens with two attached hydrogens (primary N) is 1. The quantitative estimate of drug-likeness (QED) is 0.760. The molecular formula is C6H12Cl2N4. The van der Waals surface area contributed by atoms with E-state index >= 15 is 0 Å². The Kier molecular flexibility index (Phi) is 8.26. The molecule has 1 aromatic heterocycles. The first-order chi connectivity index (χ1) is 4.88. The Hall–Kier alpha value is -0.580. The lowest BCUT2D eigenvalue weighted by Gasteiger charge is -2.01. The normalized spacial score (nSPS) is 7.83. The van der Waals surface area contributed by atoms with E-state index in [2.05, 4.69) is 15.5 Å². The summed E-state index contributed by atoms with van der Waals surface area (Å²) < 4.78 is 0. The van der Waals surface area contributed by atoms with E-state index in [1.54, 1.807) is 13.2 Å². The third-order valence-corrected chi connectivity index (χ3v) is 1.26. The highest BCUT2D eigenvalue weighted by Crippen LogP contribution is 2.06. The molecule has 0 saturated carbocycles. The zero-order valence-corrected chi connectivity index (χ0v) is 8.28. The number of rotatable bonds is 2. The van der Waals surface area contributed by atoms with Gasteiger partial charge in [-0.2, -0.15) is 5.10 Å². The number of hydrogen-bond acceptors (Lipinski definition) is 4. The van der Waals surface area contributed by atoms with Gasteiger partial charge in [-0.1, -0.05) is 0 Å². The molecule has 0 aliphatic carbocycles. The fraction of sp³-hybridized carbons (Fsp3) is 0.333. The molecule has 1 heterocycles. The van der Waals surface area contributed by atoms with E-state index in [1.165, 1.54) is 0 Å². The molecule has 6 heteroatoms. The van der Waals surface area contributed by atoms with Crippen molar-refractivity contribution < 1.29 is 0 Å². The molecule has 0 radical (unpaired) electrons. The molecule has 1 rings (SSSR count). The number of halogens is 2. The summed E-state index contributed by atoms with van der Waals surface area (Å²) in [4.78, 5) is 0. The second-order valence-corrected chi connectivity index (χ2v) is 1.86. The summed E-state index contributed by atoms with van der Waals surface area (Å²) >= 11 is 0. The summed E-state index contributed by atoms with van der Waals surface area (Å²) in [6, 6.07) is 1.85. The molecule has 0 bridgehead atoms. The van der Waals surface area contributed by atoms with E-state index in [0.29, 0.717) is 6.54 Å². The summed E-state index contributed by atoms with van der Waals surface area (Å²) in [5.74, 6) is 0.755. The first kappa shape index (κ1) is 14.0. The predicted octanol–water partition coefficient (Wildman–Crippen LogP) is 0.821. The van der Waals surface area contributed by atoms with Crippen LogP contribution in [-0.2, 0) is 6.54 Å². The van der Waals surface area contributed by atoms with Crippen LogP contribution in [0.25, 0.3) is 0 Å². The molecule has 0 aromatic carbocycles. The summed E-state index contributed by atoms with van der Waals surface area (Å²) in [5, 5.41) is 10.4. The zero-order chi connectivity index (χ0) is 7.40. The predicted molar refractivity (Wildman–Crippen MR) is 54.0 cm³/mol. The Labute approximate surface area is 83.8 Å². The standard InChI is InChI=1S/C6H10N4.2ClH/c1-8-6-5(4-7)2-3-9-10-6;;/h2-3H,4,7H2,1H3,(H,8,10);2*1H. The molecule has 3 N–H and O–H groups in total. The minimum Gasteiger partial charge on any atom is -0.371 e. The van der Waals surface area contributed by atoms with Crippen molar-refractivity contribution in [1.29, 1.82) is 0 Å². The minimum atomic E-state index is 0. The maximum absolute atomic E-state index is 5.42. The highest BCUT2D eigenvalue weighted by molar-refractivity contribution is 5.85. The van der Waals surface area contributed by atoms with Crippen molar-refractivity contribution in [3.05, 3.63) is 17.8 Å². The fourth-order valence-electron chi connectivity index (χ4n) is 0.733. The van der Waals surface area contributed by atoms with Gasteiger partial charge in [0.1, 0.15) is 0 Å². The average molecular weight is 211 g/mol. The minimum absolute atomic E-state index is 0. The van der Waals surface area contributed by atoms with Crippen LogP contribution in [0, 0.1) is 0 Å². The molecule has 12 heavy (non-hydrogen) atoms. The Morgan fingerprint density at radius 3 is 2.58 bits per heavy atom. The van der Waals surface area contributed by atoms with Gasteiger partial charge in [0.05, 0.1) is 6.20 Å². The van der Waals surface area contributed by atoms with Gasteiger partial charge in [-0.25, -0.2) is 0 Å². The van der Waals surface area contributed by atoms with Crippen molar-refractivity contribution in [3.8, 4) is 0 Å². The van der Waals surface area contributed by atoms with Crippen LogP contribution >= 0.6 is 24.8 Å². The van der Waals surface area contributed by atoms with E-state index in [-0.39, 0.29) is 24.8 Å². The lowest BCUT2D eigenvalue weighted by Crippen LogP contribution is -2.04. The Balaban J connectivity index is 0. The van der Waals surface area contributed by atoms with Gasteiger partial charge >= 0.3 is 0 Å². The van der Waals surface area contributed by atoms with Crippen molar-refractivity contribution in [2.24, 2.45) is 5.73 Å². The first-order valence-corrected chi connectivity index (χ1v) is 3.07. The average Bonchev–Trinajstić information content (AvgIpc) is 2.04. The fourth-order valence-corrected chi connectivity index (χ4v) is 0.733. The molecule has 0 fully saturated rings. The van der Waals surface area contributed by atoms with E-state index in [4.69, 9.17) is 5.73 Å². The Morgan fingerprint density at radius 1 is 1.50 bits per heavy atom. The lowest BCUT2D eigenvalue weighted by molar-refractivity contribution is 0.969. The van der Waals surface area contributed by atoms with Gasteiger partial charge in [-0.3, -0.25) is 0 Å². The number of nitrogens with zero attached hydrogens (tertiary/aromatic N) is 2. The molecule has 0 amide bonds. The number of aromatic nitrogens is 2. The zero-order valence-electron chi connectivity index (χ0n) is 6.65. The smallest absolute Gasteiger partial charge is 0.152 e. The van der Waals surface area contributed by atoms with Crippen LogP contribution in [0.2, 0.25) is 0 Å². The maximum Gasteiger partial charge on any atom is 0.152 e. The Morgan fingerprint density at radius 2 is 2.17 bits per heavy atom. The second-order valence-electron chi connectivity index (χ2n) is 1.86. The Bertz CT molecular complexity index is 195. The van der Waals surface area contributed by atoms with E-state index in [9.17, 15) is 0 Å². The monoisotopic (exact) mass is 210 g/mol. The lowest BCUT2D eigenvalue weighted by atomic mass is 10.3. The second kappa shape index (κ2) is 7.09. The number of hydrogen-bond donors (Lipinski definition) is 2. The third-order valence-electron chi connectivity index (χ3n) is 1.26. The molecule has 1 aromatic rings. The van der Waals surface area contributed by atoms with Crippen molar-refractivity contribution in [3.63, 3.8) is 0 Å². The molecule has 0 aliphatic rings. The topological polar surface area (TPSA) is 63.8 Å². The van der Waals surface area contributed by atoms with Crippen molar-refractivity contribution in [1.82, 2.24) is 10.2 Å². The summed E-state index contributed by atoms with van der Waals surface area (Å²) in [5.41, 5.74) is 6.40. The maximum atomic E-state index is 5.42. The SMILES string of the molecule is CNc1nnccc1CN.Cl.Cl. The van der Waals surface area contributed by atoms with Crippen LogP contribution < -0.4 is 11.1 Å². The molecule has 4 nitrogen and oxygen atoms in total. The summed E-state index contributed by atoms with van der Waals surface area (Å²) in [6.07, 6.45) is 1.63. The molecule has 0 unspecified atom stereocenters. The van der Waals surface area contributed by atoms with Gasteiger partial charge in [0.15, 0.2) is 5.82 Å². The van der Waals surface area contributed by atoms with Crippen LogP contribution in [-0.4, -0.2) is 17.2 Å². The summed E-state index contributed by atoms with van der Waals surface area (Å²) in [6.45, 7) is 0.492. The molecule has 70 valence electrons. The molecule has 0 atom stereocenters. The van der Waals surface area contributed by atoms with Gasteiger partial charge in [-0.05, 0) is 6.07 Å². The van der Waals surface area contributed by atoms with Crippen LogP contribution in [0.4, 0.5) is 5.82 Å². The highest BCUT2D eigenvalue weighted by Gasteiger charge is 1.96. The van der Waals surface area contributed by atoms with Crippen LogP contribution in [0.5, 0.6) is 0 Å². The molecular weight excluding hydrogens is 199 g/mol. The summed E-state index contributed by atoms with van der Waals surface area (Å²) in [7, 11) is 1.79. The van der Waals surface area contributed by atoms with E-state index in [0.717, 1.165) is 11.4 Å². The van der Waals surface area contributed by atoms with Crippen molar-refractivity contribution in [2.45, 2.75) is 6.54 Å². The van der Waals surface area contributed by atoms with Crippen LogP contribution in [0.1, 0.15) is 5.56 Å². The van der Waals surface area contributed by atoms with Gasteiger partial charge < -0.3 is 11.1 Å². The van der Waals surface area contributed by atoms with Gasteiger partial charge in [0.2, 0.25) is 0 Å². The van der Waals surface area contributed by atoms with Gasteiger partial charge in [0, 0.05) is 19.2 Å². The number of nitrogens with one attached hydrogen (secondary N) is 1. The largest absolute Gasteiger partial charge is 0.371 e. The third kappa shape index (κ3) is 3.21. The van der Waals surface area contributed by atoms with Crippen LogP contribution in [0.15, 0.2) is 12.3 Å². The first-order valence-electron chi connectivity index (χ1n) is 3.07. The van der Waals surface area contributed by atoms with Crippen molar-refractivity contribution in [2.75, 3.05) is 12.4 Å². The van der Waals surface area contributed by atoms with E-state index in [1.807, 2.05) is 6.07 Å². The molecule has 0 saturated heterocycles. The highest BCUT2D eigenvalue weighted by atomic mass is 35.5. The van der Waals surface area contributed by atoms with Gasteiger partial charge in [-0.15, -0.1) is 29.9 Å². The number of anilines is 1. The molecule has 0 aliphatic heterocycles. The molecule has 0 spiro atoms. The van der Waals surface area contributed by atoms with Crippen molar-refractivity contribution >= 4 is 30.6 Å².